The van der Waals surface area contributed by atoms with Gasteiger partial charge in [0.25, 0.3) is 0 Å². The highest BCUT2D eigenvalue weighted by Gasteiger charge is 2.23. The maximum absolute atomic E-state index is 4.86. The molecule has 0 unspecified atom stereocenters. The Bertz CT molecular complexity index is 110. The van der Waals surface area contributed by atoms with Crippen molar-refractivity contribution in [3.8, 4) is 0 Å². The summed E-state index contributed by atoms with van der Waals surface area (Å²) in [5.74, 6) is 2.06. The number of hydrogen-bond acceptors (Lipinski definition) is 1. The van der Waals surface area contributed by atoms with Crippen LogP contribution in [0.25, 0.3) is 0 Å². The van der Waals surface area contributed by atoms with Gasteiger partial charge in [-0.05, 0) is 6.92 Å². The van der Waals surface area contributed by atoms with Gasteiger partial charge in [-0.15, -0.1) is 0 Å². The topological polar surface area (TPSA) is 9.23 Å². The lowest BCUT2D eigenvalue weighted by Crippen LogP contribution is -2.17. The lowest BCUT2D eigenvalue weighted by molar-refractivity contribution is 0.151. The molecule has 0 N–H and O–H groups in total. The molecule has 1 rings (SSSR count). The van der Waals surface area contributed by atoms with Crippen LogP contribution in [0.1, 0.15) is 6.92 Å². The van der Waals surface area contributed by atoms with Gasteiger partial charge in [-0.1, -0.05) is 13.2 Å². The summed E-state index contributed by atoms with van der Waals surface area (Å²) in [5.41, 5.74) is 0. The predicted molar refractivity (Wildman–Crippen MR) is 28.5 cm³/mol. The zero-order valence-corrected chi connectivity index (χ0v) is 4.40. The fourth-order valence-corrected chi connectivity index (χ4v) is 0.467. The molecule has 0 aliphatic carbocycles. The standard InChI is InChI=1S/C6H8O/c1-4-5(2)7-6(4)3/h4H,2-3H2,1H3. The first-order valence-corrected chi connectivity index (χ1v) is 2.27. The zero-order chi connectivity index (χ0) is 5.44. The summed E-state index contributed by atoms with van der Waals surface area (Å²) in [4.78, 5) is 0. The Morgan fingerprint density at radius 2 is 1.86 bits per heavy atom. The van der Waals surface area contributed by atoms with Gasteiger partial charge in [0.15, 0.2) is 0 Å². The Morgan fingerprint density at radius 1 is 1.43 bits per heavy atom. The number of rotatable bonds is 0. The first kappa shape index (κ1) is 4.44. The predicted octanol–water partition coefficient (Wildman–Crippen LogP) is 1.68. The summed E-state index contributed by atoms with van der Waals surface area (Å²) in [5, 5.41) is 0. The fourth-order valence-electron chi connectivity index (χ4n) is 0.467. The average Bonchev–Trinajstić information content (AvgIpc) is 1.68. The molecule has 0 spiro atoms. The van der Waals surface area contributed by atoms with E-state index in [4.69, 9.17) is 4.74 Å². The van der Waals surface area contributed by atoms with Crippen LogP contribution in [0.15, 0.2) is 24.7 Å². The molecule has 1 heteroatoms. The van der Waals surface area contributed by atoms with Crippen LogP contribution in [0.2, 0.25) is 0 Å². The Morgan fingerprint density at radius 3 is 1.86 bits per heavy atom. The van der Waals surface area contributed by atoms with E-state index in [9.17, 15) is 0 Å². The average molecular weight is 96.1 g/mol. The van der Waals surface area contributed by atoms with Gasteiger partial charge < -0.3 is 4.74 Å². The van der Waals surface area contributed by atoms with Crippen molar-refractivity contribution in [3.05, 3.63) is 24.7 Å². The molecule has 1 saturated heterocycles. The summed E-state index contributed by atoms with van der Waals surface area (Å²) >= 11 is 0. The van der Waals surface area contributed by atoms with E-state index < -0.39 is 0 Å². The van der Waals surface area contributed by atoms with Gasteiger partial charge in [-0.2, -0.15) is 0 Å². The van der Waals surface area contributed by atoms with Crippen molar-refractivity contribution in [2.75, 3.05) is 0 Å². The third-order valence-electron chi connectivity index (χ3n) is 1.23. The molecule has 0 amide bonds. The fraction of sp³-hybridized carbons (Fsp3) is 0.333. The van der Waals surface area contributed by atoms with E-state index in [1.807, 2.05) is 6.92 Å². The van der Waals surface area contributed by atoms with E-state index in [0.717, 1.165) is 11.5 Å². The lowest BCUT2D eigenvalue weighted by atomic mass is 10.0. The van der Waals surface area contributed by atoms with Gasteiger partial charge in [0.05, 0.1) is 5.92 Å². The molecule has 1 aliphatic rings. The van der Waals surface area contributed by atoms with Crippen molar-refractivity contribution in [2.24, 2.45) is 5.92 Å². The lowest BCUT2D eigenvalue weighted by Gasteiger charge is -2.28. The molecule has 0 saturated carbocycles. The molecule has 0 atom stereocenters. The van der Waals surface area contributed by atoms with E-state index in [0.29, 0.717) is 5.92 Å². The summed E-state index contributed by atoms with van der Waals surface area (Å²) in [6.45, 7) is 9.24. The van der Waals surface area contributed by atoms with Crippen LogP contribution in [-0.2, 0) is 4.74 Å². The summed E-state index contributed by atoms with van der Waals surface area (Å²) in [7, 11) is 0. The third-order valence-corrected chi connectivity index (χ3v) is 1.23. The minimum Gasteiger partial charge on any atom is -0.466 e. The van der Waals surface area contributed by atoms with E-state index in [2.05, 4.69) is 13.2 Å². The van der Waals surface area contributed by atoms with Crippen LogP contribution in [0.3, 0.4) is 0 Å². The van der Waals surface area contributed by atoms with Crippen LogP contribution in [0.4, 0.5) is 0 Å². The van der Waals surface area contributed by atoms with Crippen LogP contribution in [0, 0.1) is 5.92 Å². The first-order chi connectivity index (χ1) is 3.22. The second-order valence-electron chi connectivity index (χ2n) is 1.76. The maximum atomic E-state index is 4.86. The second-order valence-corrected chi connectivity index (χ2v) is 1.76. The van der Waals surface area contributed by atoms with Crippen LogP contribution >= 0.6 is 0 Å². The third kappa shape index (κ3) is 0.446. The smallest absolute Gasteiger partial charge is 0.107 e. The Balaban J connectivity index is 2.59. The minimum atomic E-state index is 0.389. The van der Waals surface area contributed by atoms with Crippen molar-refractivity contribution >= 4 is 0 Å². The summed E-state index contributed by atoms with van der Waals surface area (Å²) in [6.07, 6.45) is 0. The monoisotopic (exact) mass is 96.1 g/mol. The Labute approximate surface area is 43.3 Å². The highest BCUT2D eigenvalue weighted by atomic mass is 16.5. The molecule has 0 aromatic carbocycles. The molecule has 0 aromatic rings. The van der Waals surface area contributed by atoms with Gasteiger partial charge in [0.2, 0.25) is 0 Å². The van der Waals surface area contributed by atoms with Crippen molar-refractivity contribution in [1.82, 2.24) is 0 Å². The number of hydrogen-bond donors (Lipinski definition) is 0. The van der Waals surface area contributed by atoms with E-state index in [-0.39, 0.29) is 0 Å². The van der Waals surface area contributed by atoms with Gasteiger partial charge in [0, 0.05) is 0 Å². The van der Waals surface area contributed by atoms with Crippen LogP contribution < -0.4 is 0 Å². The van der Waals surface area contributed by atoms with E-state index >= 15 is 0 Å². The number of ether oxygens (including phenoxy) is 1. The highest BCUT2D eigenvalue weighted by Crippen LogP contribution is 2.31. The summed E-state index contributed by atoms with van der Waals surface area (Å²) < 4.78 is 4.86. The van der Waals surface area contributed by atoms with Gasteiger partial charge in [0.1, 0.15) is 11.5 Å². The van der Waals surface area contributed by atoms with Crippen molar-refractivity contribution in [1.29, 1.82) is 0 Å². The molecule has 38 valence electrons. The van der Waals surface area contributed by atoms with Crippen molar-refractivity contribution in [3.63, 3.8) is 0 Å². The Kier molecular flexibility index (Phi) is 0.712. The molecule has 1 fully saturated rings. The maximum Gasteiger partial charge on any atom is 0.107 e. The highest BCUT2D eigenvalue weighted by molar-refractivity contribution is 5.16. The molecular formula is C6H8O. The quantitative estimate of drug-likeness (QED) is 0.445. The van der Waals surface area contributed by atoms with Crippen molar-refractivity contribution < 1.29 is 4.74 Å². The summed E-state index contributed by atoms with van der Waals surface area (Å²) in [6, 6.07) is 0. The van der Waals surface area contributed by atoms with Crippen LogP contribution in [0.5, 0.6) is 0 Å². The molecule has 1 nitrogen and oxygen atoms in total. The molecule has 1 aliphatic heterocycles. The first-order valence-electron chi connectivity index (χ1n) is 2.27. The molecule has 1 heterocycles. The second kappa shape index (κ2) is 1.12. The van der Waals surface area contributed by atoms with Gasteiger partial charge >= 0.3 is 0 Å². The Hall–Kier alpha value is -0.720. The SMILES string of the molecule is C=C1OC(=C)C1C. The molecule has 0 radical (unpaired) electrons. The minimum absolute atomic E-state index is 0.389. The molecule has 0 bridgehead atoms. The van der Waals surface area contributed by atoms with E-state index in [1.54, 1.807) is 0 Å². The van der Waals surface area contributed by atoms with Crippen molar-refractivity contribution in [2.45, 2.75) is 6.92 Å². The largest absolute Gasteiger partial charge is 0.466 e. The van der Waals surface area contributed by atoms with Gasteiger partial charge in [-0.25, -0.2) is 0 Å². The zero-order valence-electron chi connectivity index (χ0n) is 4.40. The molecule has 7 heavy (non-hydrogen) atoms. The molecular weight excluding hydrogens is 88.1 g/mol. The van der Waals surface area contributed by atoms with Crippen LogP contribution in [-0.4, -0.2) is 0 Å². The van der Waals surface area contributed by atoms with E-state index in [1.165, 1.54) is 0 Å². The van der Waals surface area contributed by atoms with Gasteiger partial charge in [-0.3, -0.25) is 0 Å². The molecule has 0 aromatic heterocycles. The normalized spacial score (nSPS) is 21.3.